The maximum absolute atomic E-state index is 12.6. The number of aryl methyl sites for hydroxylation is 1. The molecule has 2 aromatic carbocycles. The summed E-state index contributed by atoms with van der Waals surface area (Å²) in [5, 5.41) is 0. The molecule has 0 aliphatic heterocycles. The van der Waals surface area contributed by atoms with E-state index in [2.05, 4.69) is 4.98 Å². The summed E-state index contributed by atoms with van der Waals surface area (Å²) in [7, 11) is 1.66. The van der Waals surface area contributed by atoms with Gasteiger partial charge in [-0.15, -0.1) is 0 Å². The highest BCUT2D eigenvalue weighted by molar-refractivity contribution is 5.99. The summed E-state index contributed by atoms with van der Waals surface area (Å²) in [6.45, 7) is 3.33. The van der Waals surface area contributed by atoms with Crippen LogP contribution in [0.15, 0.2) is 72.8 Å². The molecule has 3 rings (SSSR count). The van der Waals surface area contributed by atoms with Crippen LogP contribution in [0.1, 0.15) is 23.0 Å². The molecule has 0 N–H and O–H groups in total. The Labute approximate surface area is 164 Å². The van der Waals surface area contributed by atoms with Crippen molar-refractivity contribution in [2.45, 2.75) is 20.0 Å². The van der Waals surface area contributed by atoms with E-state index >= 15 is 0 Å². The van der Waals surface area contributed by atoms with Gasteiger partial charge in [0.1, 0.15) is 0 Å². The van der Waals surface area contributed by atoms with E-state index < -0.39 is 12.1 Å². The number of pyridine rings is 1. The van der Waals surface area contributed by atoms with Crippen molar-refractivity contribution in [3.8, 4) is 11.3 Å². The molecule has 0 fully saturated rings. The number of carbonyl (C=O) groups excluding carboxylic acids is 2. The predicted octanol–water partition coefficient (Wildman–Crippen LogP) is 4.27. The summed E-state index contributed by atoms with van der Waals surface area (Å²) in [4.78, 5) is 31.1. The zero-order valence-corrected chi connectivity index (χ0v) is 16.1. The molecule has 0 bridgehead atoms. The Kier molecular flexibility index (Phi) is 5.84. The summed E-state index contributed by atoms with van der Waals surface area (Å²) in [6, 6.07) is 22.4. The largest absolute Gasteiger partial charge is 0.449 e. The van der Waals surface area contributed by atoms with Gasteiger partial charge in [-0.2, -0.15) is 0 Å². The first-order valence-electron chi connectivity index (χ1n) is 9.04. The van der Waals surface area contributed by atoms with Crippen LogP contribution in [0.5, 0.6) is 0 Å². The number of hydrogen-bond acceptors (Lipinski definition) is 4. The van der Waals surface area contributed by atoms with E-state index in [1.165, 1.54) is 4.90 Å². The van der Waals surface area contributed by atoms with Crippen LogP contribution in [0, 0.1) is 6.92 Å². The topological polar surface area (TPSA) is 59.5 Å². The Balaban J connectivity index is 1.71. The number of ether oxygens (including phenoxy) is 1. The first kappa shape index (κ1) is 19.3. The third-order valence-electron chi connectivity index (χ3n) is 4.48. The van der Waals surface area contributed by atoms with Gasteiger partial charge in [0.05, 0.1) is 17.0 Å². The number of esters is 1. The zero-order chi connectivity index (χ0) is 20.1. The number of benzene rings is 2. The van der Waals surface area contributed by atoms with Gasteiger partial charge in [0.25, 0.3) is 5.91 Å². The predicted molar refractivity (Wildman–Crippen MR) is 109 cm³/mol. The lowest BCUT2D eigenvalue weighted by molar-refractivity contribution is -0.126. The Morgan fingerprint density at radius 3 is 2.14 bits per heavy atom. The molecule has 28 heavy (non-hydrogen) atoms. The fraction of sp³-hybridized carbons (Fsp3) is 0.174. The lowest BCUT2D eigenvalue weighted by atomic mass is 10.1. The Hall–Kier alpha value is -3.47. The number of amides is 1. The van der Waals surface area contributed by atoms with Gasteiger partial charge in [-0.1, -0.05) is 48.5 Å². The first-order valence-corrected chi connectivity index (χ1v) is 9.04. The van der Waals surface area contributed by atoms with E-state index in [4.69, 9.17) is 4.74 Å². The van der Waals surface area contributed by atoms with Crippen molar-refractivity contribution in [1.29, 1.82) is 0 Å². The van der Waals surface area contributed by atoms with Gasteiger partial charge in [0.2, 0.25) is 0 Å². The molecule has 5 heteroatoms. The molecule has 1 atom stereocenters. The molecule has 1 amide bonds. The van der Waals surface area contributed by atoms with Crippen molar-refractivity contribution >= 4 is 17.6 Å². The minimum atomic E-state index is -0.911. The van der Waals surface area contributed by atoms with E-state index in [1.807, 2.05) is 60.7 Å². The van der Waals surface area contributed by atoms with Gasteiger partial charge in [-0.25, -0.2) is 4.79 Å². The molecule has 0 radical (unpaired) electrons. The number of nitrogens with zero attached hydrogens (tertiary/aromatic N) is 2. The van der Waals surface area contributed by atoms with Crippen molar-refractivity contribution < 1.29 is 14.3 Å². The van der Waals surface area contributed by atoms with Gasteiger partial charge in [0, 0.05) is 18.3 Å². The van der Waals surface area contributed by atoms with E-state index in [0.29, 0.717) is 11.3 Å². The Morgan fingerprint density at radius 1 is 0.929 bits per heavy atom. The normalized spacial score (nSPS) is 11.5. The highest BCUT2D eigenvalue weighted by atomic mass is 16.5. The second-order valence-corrected chi connectivity index (χ2v) is 6.48. The second kappa shape index (κ2) is 8.48. The van der Waals surface area contributed by atoms with Crippen molar-refractivity contribution in [2.24, 2.45) is 0 Å². The third kappa shape index (κ3) is 4.26. The molecule has 5 nitrogen and oxygen atoms in total. The standard InChI is InChI=1S/C23H22N2O3/c1-16-20(14-15-21(24-16)18-10-6-4-7-11-18)23(27)28-17(2)22(26)25(3)19-12-8-5-9-13-19/h4-15,17H,1-3H3. The SMILES string of the molecule is Cc1nc(-c2ccccc2)ccc1C(=O)OC(C)C(=O)N(C)c1ccccc1. The highest BCUT2D eigenvalue weighted by Crippen LogP contribution is 2.20. The molecule has 1 heterocycles. The van der Waals surface area contributed by atoms with Gasteiger partial charge < -0.3 is 9.64 Å². The van der Waals surface area contributed by atoms with Gasteiger partial charge in [-0.05, 0) is 38.1 Å². The number of hydrogen-bond donors (Lipinski definition) is 0. The van der Waals surface area contributed by atoms with E-state index in [1.54, 1.807) is 33.0 Å². The molecule has 142 valence electrons. The zero-order valence-electron chi connectivity index (χ0n) is 16.1. The summed E-state index contributed by atoms with van der Waals surface area (Å²) in [6.07, 6.45) is -0.911. The average Bonchev–Trinajstić information content (AvgIpc) is 2.73. The monoisotopic (exact) mass is 374 g/mol. The molecule has 1 aromatic heterocycles. The molecule has 3 aromatic rings. The van der Waals surface area contributed by atoms with Crippen LogP contribution in [0.4, 0.5) is 5.69 Å². The third-order valence-corrected chi connectivity index (χ3v) is 4.48. The summed E-state index contributed by atoms with van der Waals surface area (Å²) < 4.78 is 5.40. The number of carbonyl (C=O) groups is 2. The van der Waals surface area contributed by atoms with Crippen molar-refractivity contribution in [3.05, 3.63) is 84.1 Å². The molecule has 1 unspecified atom stereocenters. The van der Waals surface area contributed by atoms with E-state index in [0.717, 1.165) is 16.9 Å². The van der Waals surface area contributed by atoms with Crippen LogP contribution in [0.3, 0.4) is 0 Å². The molecular formula is C23H22N2O3. The fourth-order valence-electron chi connectivity index (χ4n) is 2.87. The van der Waals surface area contributed by atoms with Gasteiger partial charge in [-0.3, -0.25) is 9.78 Å². The van der Waals surface area contributed by atoms with E-state index in [-0.39, 0.29) is 5.91 Å². The number of para-hydroxylation sites is 1. The van der Waals surface area contributed by atoms with Crippen molar-refractivity contribution in [1.82, 2.24) is 4.98 Å². The summed E-state index contributed by atoms with van der Waals surface area (Å²) in [5.74, 6) is -0.863. The first-order chi connectivity index (χ1) is 13.5. The highest BCUT2D eigenvalue weighted by Gasteiger charge is 2.24. The van der Waals surface area contributed by atoms with Crippen LogP contribution in [-0.4, -0.2) is 30.0 Å². The second-order valence-electron chi connectivity index (χ2n) is 6.48. The van der Waals surface area contributed by atoms with Crippen LogP contribution >= 0.6 is 0 Å². The van der Waals surface area contributed by atoms with E-state index in [9.17, 15) is 9.59 Å². The van der Waals surface area contributed by atoms with Crippen LogP contribution in [0.2, 0.25) is 0 Å². The van der Waals surface area contributed by atoms with Gasteiger partial charge in [0.15, 0.2) is 6.10 Å². The maximum atomic E-state index is 12.6. The lowest BCUT2D eigenvalue weighted by Crippen LogP contribution is -2.37. The number of aromatic nitrogens is 1. The molecular weight excluding hydrogens is 352 g/mol. The quantitative estimate of drug-likeness (QED) is 0.626. The summed E-state index contributed by atoms with van der Waals surface area (Å²) >= 11 is 0. The van der Waals surface area contributed by atoms with Gasteiger partial charge >= 0.3 is 5.97 Å². The molecule has 0 aliphatic carbocycles. The minimum Gasteiger partial charge on any atom is -0.449 e. The number of rotatable bonds is 5. The fourth-order valence-corrected chi connectivity index (χ4v) is 2.87. The minimum absolute atomic E-state index is 0.300. The average molecular weight is 374 g/mol. The Morgan fingerprint density at radius 2 is 1.54 bits per heavy atom. The molecule has 0 saturated heterocycles. The number of anilines is 1. The van der Waals surface area contributed by atoms with Crippen molar-refractivity contribution in [3.63, 3.8) is 0 Å². The molecule has 0 aliphatic rings. The maximum Gasteiger partial charge on any atom is 0.340 e. The van der Waals surface area contributed by atoms with Crippen LogP contribution in [0.25, 0.3) is 11.3 Å². The number of likely N-dealkylation sites (N-methyl/N-ethyl adjacent to an activating group) is 1. The van der Waals surface area contributed by atoms with Crippen LogP contribution in [-0.2, 0) is 9.53 Å². The molecule has 0 spiro atoms. The smallest absolute Gasteiger partial charge is 0.340 e. The van der Waals surface area contributed by atoms with Crippen LogP contribution < -0.4 is 4.90 Å². The summed E-state index contributed by atoms with van der Waals surface area (Å²) in [5.41, 5.74) is 3.39. The Bertz CT molecular complexity index is 972. The lowest BCUT2D eigenvalue weighted by Gasteiger charge is -2.21. The van der Waals surface area contributed by atoms with Crippen molar-refractivity contribution in [2.75, 3.05) is 11.9 Å². The molecule has 0 saturated carbocycles.